The Labute approximate surface area is 138 Å². The van der Waals surface area contributed by atoms with Crippen molar-refractivity contribution in [1.29, 1.82) is 0 Å². The van der Waals surface area contributed by atoms with Crippen LogP contribution in [0.1, 0.15) is 25.3 Å². The minimum atomic E-state index is 0.530. The molecule has 0 aliphatic rings. The van der Waals surface area contributed by atoms with Gasteiger partial charge in [0, 0.05) is 16.9 Å². The van der Waals surface area contributed by atoms with Crippen LogP contribution < -0.4 is 10.1 Å². The van der Waals surface area contributed by atoms with Crippen LogP contribution in [-0.4, -0.2) is 29.9 Å². The average Bonchev–Trinajstić information content (AvgIpc) is 2.92. The topological polar surface area (TPSA) is 47.0 Å². The highest BCUT2D eigenvalue weighted by atomic mass is 79.9. The maximum absolute atomic E-state index is 5.41. The van der Waals surface area contributed by atoms with Crippen LogP contribution in [0.25, 0.3) is 10.6 Å². The average molecular weight is 370 g/mol. The minimum absolute atomic E-state index is 0.530. The third-order valence-corrected chi connectivity index (χ3v) is 4.49. The first-order valence-corrected chi connectivity index (χ1v) is 8.60. The van der Waals surface area contributed by atoms with E-state index >= 15 is 0 Å². The summed E-state index contributed by atoms with van der Waals surface area (Å²) in [5, 5.41) is 14.0. The van der Waals surface area contributed by atoms with E-state index in [1.807, 2.05) is 18.2 Å². The molecule has 0 bridgehead atoms. The fourth-order valence-corrected chi connectivity index (χ4v) is 3.19. The van der Waals surface area contributed by atoms with E-state index in [1.165, 1.54) is 0 Å². The summed E-state index contributed by atoms with van der Waals surface area (Å²) >= 11 is 5.08. The minimum Gasteiger partial charge on any atom is -0.496 e. The Kier molecular flexibility index (Phi) is 6.14. The number of ether oxygens (including phenoxy) is 1. The Hall–Kier alpha value is -0.980. The molecule has 1 aromatic heterocycles. The molecule has 6 heteroatoms. The van der Waals surface area contributed by atoms with Gasteiger partial charge in [0.05, 0.1) is 12.7 Å². The van der Waals surface area contributed by atoms with Crippen LogP contribution >= 0.6 is 27.3 Å². The first-order chi connectivity index (χ1) is 10.1. The van der Waals surface area contributed by atoms with Crippen LogP contribution in [0.5, 0.6) is 5.75 Å². The molecule has 0 unspecified atom stereocenters. The van der Waals surface area contributed by atoms with Crippen molar-refractivity contribution < 1.29 is 4.74 Å². The predicted octanol–water partition coefficient (Wildman–Crippen LogP) is 3.91. The molecule has 0 atom stereocenters. The Morgan fingerprint density at radius 3 is 2.86 bits per heavy atom. The maximum Gasteiger partial charge on any atom is 0.151 e. The van der Waals surface area contributed by atoms with Crippen LogP contribution in [0.4, 0.5) is 0 Å². The Morgan fingerprint density at radius 2 is 2.14 bits per heavy atom. The molecule has 1 N–H and O–H groups in total. The maximum atomic E-state index is 5.41. The molecule has 0 amide bonds. The number of nitrogens with one attached hydrogen (secondary N) is 1. The molecule has 2 aromatic rings. The van der Waals surface area contributed by atoms with E-state index < -0.39 is 0 Å². The van der Waals surface area contributed by atoms with Crippen molar-refractivity contribution >= 4 is 27.3 Å². The van der Waals surface area contributed by atoms with Gasteiger partial charge in [-0.25, -0.2) is 0 Å². The van der Waals surface area contributed by atoms with Crippen molar-refractivity contribution in [1.82, 2.24) is 15.5 Å². The Bertz CT molecular complexity index is 586. The predicted molar refractivity (Wildman–Crippen MR) is 91.1 cm³/mol. The third kappa shape index (κ3) is 4.76. The molecule has 0 aliphatic heterocycles. The molecule has 0 radical (unpaired) electrons. The number of benzene rings is 1. The zero-order valence-electron chi connectivity index (χ0n) is 12.5. The molecule has 0 saturated heterocycles. The van der Waals surface area contributed by atoms with E-state index in [4.69, 9.17) is 4.74 Å². The second-order valence-corrected chi connectivity index (χ2v) is 7.04. The van der Waals surface area contributed by atoms with Crippen molar-refractivity contribution in [2.75, 3.05) is 13.7 Å². The molecule has 21 heavy (non-hydrogen) atoms. The summed E-state index contributed by atoms with van der Waals surface area (Å²) in [6.45, 7) is 5.32. The van der Waals surface area contributed by atoms with Gasteiger partial charge >= 0.3 is 0 Å². The molecule has 1 heterocycles. The number of aromatic nitrogens is 2. The summed E-state index contributed by atoms with van der Waals surface area (Å²) in [6.07, 6.45) is 2.03. The zero-order chi connectivity index (χ0) is 15.2. The van der Waals surface area contributed by atoms with Crippen LogP contribution in [0, 0.1) is 0 Å². The molecule has 1 aromatic carbocycles. The number of halogens is 1. The lowest BCUT2D eigenvalue weighted by molar-refractivity contribution is 0.416. The second-order valence-electron chi connectivity index (χ2n) is 5.06. The first-order valence-electron chi connectivity index (χ1n) is 7.00. The molecule has 0 aliphatic carbocycles. The van der Waals surface area contributed by atoms with Gasteiger partial charge in [-0.3, -0.25) is 0 Å². The summed E-state index contributed by atoms with van der Waals surface area (Å²) in [6, 6.07) is 6.48. The molecule has 2 rings (SSSR count). The van der Waals surface area contributed by atoms with Gasteiger partial charge in [-0.15, -0.1) is 10.2 Å². The lowest BCUT2D eigenvalue weighted by Gasteiger charge is -2.06. The van der Waals surface area contributed by atoms with E-state index in [2.05, 4.69) is 45.3 Å². The van der Waals surface area contributed by atoms with Crippen LogP contribution in [-0.2, 0) is 6.42 Å². The lowest BCUT2D eigenvalue weighted by atomic mass is 10.2. The third-order valence-electron chi connectivity index (χ3n) is 2.98. The van der Waals surface area contributed by atoms with E-state index in [0.717, 1.165) is 45.2 Å². The first kappa shape index (κ1) is 16.4. The number of hydrogen-bond acceptors (Lipinski definition) is 5. The van der Waals surface area contributed by atoms with Gasteiger partial charge in [-0.05, 0) is 31.2 Å². The van der Waals surface area contributed by atoms with Crippen LogP contribution in [0.3, 0.4) is 0 Å². The van der Waals surface area contributed by atoms with E-state index in [9.17, 15) is 0 Å². The van der Waals surface area contributed by atoms with E-state index in [0.29, 0.717) is 6.04 Å². The van der Waals surface area contributed by atoms with Gasteiger partial charge in [0.1, 0.15) is 10.8 Å². The van der Waals surface area contributed by atoms with Gasteiger partial charge < -0.3 is 10.1 Å². The SMILES string of the molecule is COc1cc(Br)ccc1-c1nnc(CCCNC(C)C)s1. The number of methoxy groups -OCH3 is 1. The molecular formula is C15H20BrN3OS. The van der Waals surface area contributed by atoms with Crippen molar-refractivity contribution in [3.05, 3.63) is 27.7 Å². The summed E-state index contributed by atoms with van der Waals surface area (Å²) in [5.74, 6) is 0.813. The van der Waals surface area contributed by atoms with Gasteiger partial charge in [0.15, 0.2) is 5.01 Å². The molecular weight excluding hydrogens is 350 g/mol. The highest BCUT2D eigenvalue weighted by molar-refractivity contribution is 9.10. The summed E-state index contributed by atoms with van der Waals surface area (Å²) in [4.78, 5) is 0. The summed E-state index contributed by atoms with van der Waals surface area (Å²) in [7, 11) is 1.67. The summed E-state index contributed by atoms with van der Waals surface area (Å²) in [5.41, 5.74) is 0.991. The van der Waals surface area contributed by atoms with Gasteiger partial charge in [0.25, 0.3) is 0 Å². The largest absolute Gasteiger partial charge is 0.496 e. The Balaban J connectivity index is 2.02. The van der Waals surface area contributed by atoms with E-state index in [1.54, 1.807) is 18.4 Å². The number of hydrogen-bond donors (Lipinski definition) is 1. The lowest BCUT2D eigenvalue weighted by Crippen LogP contribution is -2.23. The zero-order valence-corrected chi connectivity index (χ0v) is 14.9. The fourth-order valence-electron chi connectivity index (χ4n) is 1.94. The number of nitrogens with zero attached hydrogens (tertiary/aromatic N) is 2. The van der Waals surface area contributed by atoms with Crippen molar-refractivity contribution in [3.8, 4) is 16.3 Å². The standard InChI is InChI=1S/C15H20BrN3OS/c1-10(2)17-8-4-5-14-18-19-15(21-14)12-7-6-11(16)9-13(12)20-3/h6-7,9-10,17H,4-5,8H2,1-3H3. The highest BCUT2D eigenvalue weighted by Crippen LogP contribution is 2.34. The van der Waals surface area contributed by atoms with Crippen LogP contribution in [0.15, 0.2) is 22.7 Å². The summed E-state index contributed by atoms with van der Waals surface area (Å²) < 4.78 is 6.41. The van der Waals surface area contributed by atoms with E-state index in [-0.39, 0.29) is 0 Å². The van der Waals surface area contributed by atoms with Crippen molar-refractivity contribution in [3.63, 3.8) is 0 Å². The van der Waals surface area contributed by atoms with Crippen molar-refractivity contribution in [2.24, 2.45) is 0 Å². The molecule has 0 saturated carbocycles. The molecule has 0 fully saturated rings. The molecule has 114 valence electrons. The van der Waals surface area contributed by atoms with Gasteiger partial charge in [-0.2, -0.15) is 0 Å². The molecule has 4 nitrogen and oxygen atoms in total. The van der Waals surface area contributed by atoms with Gasteiger partial charge in [-0.1, -0.05) is 41.1 Å². The normalized spacial score (nSPS) is 11.1. The van der Waals surface area contributed by atoms with Crippen molar-refractivity contribution in [2.45, 2.75) is 32.7 Å². The highest BCUT2D eigenvalue weighted by Gasteiger charge is 2.12. The number of aryl methyl sites for hydroxylation is 1. The monoisotopic (exact) mass is 369 g/mol. The Morgan fingerprint density at radius 1 is 1.33 bits per heavy atom. The molecule has 0 spiro atoms. The number of rotatable bonds is 7. The van der Waals surface area contributed by atoms with Gasteiger partial charge in [0.2, 0.25) is 0 Å². The van der Waals surface area contributed by atoms with Crippen LogP contribution in [0.2, 0.25) is 0 Å². The fraction of sp³-hybridized carbons (Fsp3) is 0.467. The smallest absolute Gasteiger partial charge is 0.151 e. The quantitative estimate of drug-likeness (QED) is 0.751. The second kappa shape index (κ2) is 7.87.